The SMILES string of the molecule is CC(NCCNC(=O)N(C)C)c1ccc(NC(N)=O)cc1. The standard InChI is InChI=1S/C14H23N5O2/c1-10(16-8-9-17-14(21)19(2)3)11-4-6-12(7-5-11)18-13(15)20/h4-7,10,16H,8-9H2,1-3H3,(H,17,21)(H3,15,18,20). The maximum Gasteiger partial charge on any atom is 0.316 e. The average Bonchev–Trinajstić information content (AvgIpc) is 2.43. The van der Waals surface area contributed by atoms with Crippen LogP contribution in [0.5, 0.6) is 0 Å². The highest BCUT2D eigenvalue weighted by Gasteiger charge is 2.06. The van der Waals surface area contributed by atoms with Gasteiger partial charge in [-0.25, -0.2) is 9.59 Å². The molecule has 4 amide bonds. The molecule has 0 saturated carbocycles. The third kappa shape index (κ3) is 6.13. The number of nitrogens with zero attached hydrogens (tertiary/aromatic N) is 1. The molecule has 1 unspecified atom stereocenters. The second-order valence-electron chi connectivity index (χ2n) is 4.91. The fraction of sp³-hybridized carbons (Fsp3) is 0.429. The molecule has 0 saturated heterocycles. The van der Waals surface area contributed by atoms with Gasteiger partial charge in [-0.2, -0.15) is 0 Å². The third-order valence-electron chi connectivity index (χ3n) is 2.94. The summed E-state index contributed by atoms with van der Waals surface area (Å²) < 4.78 is 0. The van der Waals surface area contributed by atoms with E-state index in [4.69, 9.17) is 5.73 Å². The van der Waals surface area contributed by atoms with Gasteiger partial charge in [-0.1, -0.05) is 12.1 Å². The molecule has 1 aromatic rings. The van der Waals surface area contributed by atoms with Crippen molar-refractivity contribution >= 4 is 17.7 Å². The molecule has 0 aliphatic heterocycles. The van der Waals surface area contributed by atoms with Gasteiger partial charge in [0.15, 0.2) is 0 Å². The van der Waals surface area contributed by atoms with Crippen molar-refractivity contribution in [1.82, 2.24) is 15.5 Å². The molecule has 0 aromatic heterocycles. The molecule has 0 aliphatic carbocycles. The second-order valence-corrected chi connectivity index (χ2v) is 4.91. The number of primary amides is 1. The normalized spacial score (nSPS) is 11.6. The fourth-order valence-corrected chi connectivity index (χ4v) is 1.73. The van der Waals surface area contributed by atoms with E-state index in [9.17, 15) is 9.59 Å². The molecule has 7 nitrogen and oxygen atoms in total. The van der Waals surface area contributed by atoms with E-state index in [1.54, 1.807) is 26.2 Å². The number of hydrogen-bond donors (Lipinski definition) is 4. The van der Waals surface area contributed by atoms with Gasteiger partial charge < -0.3 is 26.6 Å². The van der Waals surface area contributed by atoms with Crippen LogP contribution < -0.4 is 21.7 Å². The van der Waals surface area contributed by atoms with Gasteiger partial charge in [0.1, 0.15) is 0 Å². The topological polar surface area (TPSA) is 99.5 Å². The minimum atomic E-state index is -0.578. The zero-order valence-corrected chi connectivity index (χ0v) is 12.6. The lowest BCUT2D eigenvalue weighted by Crippen LogP contribution is -2.38. The summed E-state index contributed by atoms with van der Waals surface area (Å²) in [6.45, 7) is 3.26. The van der Waals surface area contributed by atoms with E-state index in [1.807, 2.05) is 19.1 Å². The lowest BCUT2D eigenvalue weighted by atomic mass is 10.1. The van der Waals surface area contributed by atoms with Crippen LogP contribution in [0.4, 0.5) is 15.3 Å². The van der Waals surface area contributed by atoms with Crippen molar-refractivity contribution in [3.05, 3.63) is 29.8 Å². The van der Waals surface area contributed by atoms with Gasteiger partial charge in [0.2, 0.25) is 0 Å². The maximum absolute atomic E-state index is 11.3. The Labute approximate surface area is 124 Å². The van der Waals surface area contributed by atoms with Gasteiger partial charge in [0.25, 0.3) is 0 Å². The van der Waals surface area contributed by atoms with Crippen LogP contribution in [0.15, 0.2) is 24.3 Å². The summed E-state index contributed by atoms with van der Waals surface area (Å²) in [4.78, 5) is 23.5. The average molecular weight is 293 g/mol. The largest absolute Gasteiger partial charge is 0.351 e. The van der Waals surface area contributed by atoms with Crippen LogP contribution >= 0.6 is 0 Å². The predicted octanol–water partition coefficient (Wildman–Crippen LogP) is 1.10. The first-order valence-electron chi connectivity index (χ1n) is 6.75. The van der Waals surface area contributed by atoms with Crippen molar-refractivity contribution in [1.29, 1.82) is 0 Å². The Bertz CT molecular complexity index is 473. The first kappa shape index (κ1) is 16.8. The number of urea groups is 2. The van der Waals surface area contributed by atoms with Crippen LogP contribution in [0.1, 0.15) is 18.5 Å². The van der Waals surface area contributed by atoms with E-state index < -0.39 is 6.03 Å². The predicted molar refractivity (Wildman–Crippen MR) is 83.2 cm³/mol. The number of carbonyl (C=O) groups is 2. The molecule has 0 spiro atoms. The highest BCUT2D eigenvalue weighted by Crippen LogP contribution is 2.15. The van der Waals surface area contributed by atoms with Crippen LogP contribution in [0.25, 0.3) is 0 Å². The fourth-order valence-electron chi connectivity index (χ4n) is 1.73. The summed E-state index contributed by atoms with van der Waals surface area (Å²) in [5.41, 5.74) is 6.80. The van der Waals surface area contributed by atoms with Gasteiger partial charge in [-0.05, 0) is 24.6 Å². The van der Waals surface area contributed by atoms with Gasteiger partial charge in [-0.15, -0.1) is 0 Å². The van der Waals surface area contributed by atoms with Crippen molar-refractivity contribution in [2.24, 2.45) is 5.73 Å². The minimum absolute atomic E-state index is 0.105. The lowest BCUT2D eigenvalue weighted by Gasteiger charge is -2.16. The number of hydrogen-bond acceptors (Lipinski definition) is 3. The zero-order chi connectivity index (χ0) is 15.8. The first-order valence-corrected chi connectivity index (χ1v) is 6.75. The number of nitrogens with one attached hydrogen (secondary N) is 3. The maximum atomic E-state index is 11.3. The molecule has 0 radical (unpaired) electrons. The molecule has 0 aliphatic rings. The summed E-state index contributed by atoms with van der Waals surface area (Å²) in [5, 5.41) is 8.60. The third-order valence-corrected chi connectivity index (χ3v) is 2.94. The molecule has 0 fully saturated rings. The Morgan fingerprint density at radius 1 is 1.19 bits per heavy atom. The number of amides is 4. The van der Waals surface area contributed by atoms with E-state index >= 15 is 0 Å². The van der Waals surface area contributed by atoms with Crippen molar-refractivity contribution in [2.75, 3.05) is 32.5 Å². The summed E-state index contributed by atoms with van der Waals surface area (Å²) in [6, 6.07) is 6.89. The van der Waals surface area contributed by atoms with Crippen molar-refractivity contribution in [2.45, 2.75) is 13.0 Å². The monoisotopic (exact) mass is 293 g/mol. The number of anilines is 1. The summed E-state index contributed by atoms with van der Waals surface area (Å²) in [5.74, 6) is 0. The summed E-state index contributed by atoms with van der Waals surface area (Å²) in [7, 11) is 3.40. The number of carbonyl (C=O) groups excluding carboxylic acids is 2. The lowest BCUT2D eigenvalue weighted by molar-refractivity contribution is 0.217. The smallest absolute Gasteiger partial charge is 0.316 e. The molecule has 21 heavy (non-hydrogen) atoms. The van der Waals surface area contributed by atoms with Crippen LogP contribution in [0.2, 0.25) is 0 Å². The Balaban J connectivity index is 2.36. The Hall–Kier alpha value is -2.28. The van der Waals surface area contributed by atoms with Crippen LogP contribution in [0, 0.1) is 0 Å². The summed E-state index contributed by atoms with van der Waals surface area (Å²) >= 11 is 0. The van der Waals surface area contributed by atoms with Crippen LogP contribution in [-0.4, -0.2) is 44.1 Å². The summed E-state index contributed by atoms with van der Waals surface area (Å²) in [6.07, 6.45) is 0. The molecule has 5 N–H and O–H groups in total. The van der Waals surface area contributed by atoms with Gasteiger partial charge in [-0.3, -0.25) is 0 Å². The Morgan fingerprint density at radius 3 is 2.33 bits per heavy atom. The quantitative estimate of drug-likeness (QED) is 0.591. The van der Waals surface area contributed by atoms with E-state index in [0.29, 0.717) is 18.8 Å². The molecule has 0 heterocycles. The minimum Gasteiger partial charge on any atom is -0.351 e. The highest BCUT2D eigenvalue weighted by atomic mass is 16.2. The van der Waals surface area contributed by atoms with E-state index in [0.717, 1.165) is 5.56 Å². The molecule has 0 bridgehead atoms. The van der Waals surface area contributed by atoms with Crippen molar-refractivity contribution < 1.29 is 9.59 Å². The van der Waals surface area contributed by atoms with E-state index in [-0.39, 0.29) is 12.1 Å². The number of nitrogens with two attached hydrogens (primary N) is 1. The zero-order valence-electron chi connectivity index (χ0n) is 12.6. The van der Waals surface area contributed by atoms with Crippen molar-refractivity contribution in [3.8, 4) is 0 Å². The molecular weight excluding hydrogens is 270 g/mol. The van der Waals surface area contributed by atoms with Crippen LogP contribution in [-0.2, 0) is 0 Å². The van der Waals surface area contributed by atoms with Gasteiger partial charge in [0, 0.05) is 38.9 Å². The van der Waals surface area contributed by atoms with Gasteiger partial charge in [0.05, 0.1) is 0 Å². The molecule has 116 valence electrons. The van der Waals surface area contributed by atoms with E-state index in [2.05, 4.69) is 16.0 Å². The second kappa shape index (κ2) is 8.11. The molecule has 7 heteroatoms. The highest BCUT2D eigenvalue weighted by molar-refractivity contribution is 5.87. The first-order chi connectivity index (χ1) is 9.90. The molecular formula is C14H23N5O2. The molecule has 1 atom stereocenters. The van der Waals surface area contributed by atoms with E-state index in [1.165, 1.54) is 4.90 Å². The van der Waals surface area contributed by atoms with Crippen LogP contribution in [0.3, 0.4) is 0 Å². The number of benzene rings is 1. The van der Waals surface area contributed by atoms with Crippen molar-refractivity contribution in [3.63, 3.8) is 0 Å². The molecule has 1 aromatic carbocycles. The molecule has 1 rings (SSSR count). The van der Waals surface area contributed by atoms with Gasteiger partial charge >= 0.3 is 12.1 Å². The Kier molecular flexibility index (Phi) is 6.48. The Morgan fingerprint density at radius 2 is 1.81 bits per heavy atom. The number of rotatable bonds is 6.